The van der Waals surface area contributed by atoms with Crippen LogP contribution in [0.3, 0.4) is 0 Å². The second kappa shape index (κ2) is 5.10. The fourth-order valence-electron chi connectivity index (χ4n) is 2.90. The second-order valence-corrected chi connectivity index (χ2v) is 8.32. The fraction of sp³-hybridized carbons (Fsp3) is 0.533. The van der Waals surface area contributed by atoms with Crippen molar-refractivity contribution in [2.24, 2.45) is 0 Å². The minimum absolute atomic E-state index is 0.110. The van der Waals surface area contributed by atoms with Crippen molar-refractivity contribution in [3.8, 4) is 0 Å². The molecule has 1 aromatic carbocycles. The molecule has 1 fully saturated rings. The summed E-state index contributed by atoms with van der Waals surface area (Å²) in [5, 5.41) is 0. The van der Waals surface area contributed by atoms with Crippen molar-refractivity contribution in [1.29, 1.82) is 0 Å². The number of sulfone groups is 1. The average molecular weight is 307 g/mol. The molecule has 0 N–H and O–H groups in total. The summed E-state index contributed by atoms with van der Waals surface area (Å²) in [7, 11) is -0.856. The molecule has 2 aromatic rings. The maximum absolute atomic E-state index is 11.6. The van der Waals surface area contributed by atoms with E-state index < -0.39 is 9.84 Å². The molecule has 1 aliphatic rings. The molecular weight excluding hydrogens is 286 g/mol. The SMILES string of the molecule is Cc1cc2ncn(CN(C)[C@H]3CCS(=O)(=O)C3)c2cc1C. The third-order valence-electron chi connectivity index (χ3n) is 4.44. The normalized spacial score (nSPS) is 21.4. The van der Waals surface area contributed by atoms with Gasteiger partial charge in [-0.15, -0.1) is 0 Å². The molecule has 0 unspecified atom stereocenters. The standard InChI is InChI=1S/C15H21N3O2S/c1-11-6-14-15(7-12(11)2)18(9-16-14)10-17(3)13-4-5-21(19,20)8-13/h6-7,9,13H,4-5,8,10H2,1-3H3/t13-/m0/s1. The summed E-state index contributed by atoms with van der Waals surface area (Å²) in [4.78, 5) is 6.56. The van der Waals surface area contributed by atoms with Crippen LogP contribution in [-0.4, -0.2) is 47.5 Å². The Labute approximate surface area is 125 Å². The molecule has 114 valence electrons. The molecule has 1 aromatic heterocycles. The molecule has 5 nitrogen and oxygen atoms in total. The Balaban J connectivity index is 1.83. The van der Waals surface area contributed by atoms with Gasteiger partial charge >= 0.3 is 0 Å². The van der Waals surface area contributed by atoms with Crippen LogP contribution in [-0.2, 0) is 16.5 Å². The molecule has 21 heavy (non-hydrogen) atoms. The van der Waals surface area contributed by atoms with Gasteiger partial charge in [0.15, 0.2) is 9.84 Å². The Morgan fingerprint density at radius 2 is 2.05 bits per heavy atom. The van der Waals surface area contributed by atoms with Gasteiger partial charge in [-0.25, -0.2) is 13.4 Å². The molecule has 2 heterocycles. The van der Waals surface area contributed by atoms with E-state index in [2.05, 4.69) is 40.4 Å². The molecule has 0 radical (unpaired) electrons. The van der Waals surface area contributed by atoms with Crippen LogP contribution in [0.25, 0.3) is 11.0 Å². The Morgan fingerprint density at radius 1 is 1.33 bits per heavy atom. The predicted octanol–water partition coefficient (Wildman–Crippen LogP) is 1.73. The average Bonchev–Trinajstić information content (AvgIpc) is 2.95. The van der Waals surface area contributed by atoms with Gasteiger partial charge in [-0.2, -0.15) is 0 Å². The second-order valence-electron chi connectivity index (χ2n) is 6.09. The first-order chi connectivity index (χ1) is 9.85. The monoisotopic (exact) mass is 307 g/mol. The third kappa shape index (κ3) is 2.82. The molecule has 0 aliphatic carbocycles. The number of nitrogens with zero attached hydrogens (tertiary/aromatic N) is 3. The number of aryl methyl sites for hydroxylation is 2. The van der Waals surface area contributed by atoms with E-state index in [1.807, 2.05) is 13.4 Å². The molecule has 0 saturated carbocycles. The zero-order valence-electron chi connectivity index (χ0n) is 12.7. The molecule has 0 bridgehead atoms. The van der Waals surface area contributed by atoms with Gasteiger partial charge < -0.3 is 4.57 Å². The largest absolute Gasteiger partial charge is 0.317 e. The van der Waals surface area contributed by atoms with Crippen molar-refractivity contribution in [2.45, 2.75) is 33.0 Å². The van der Waals surface area contributed by atoms with Gasteiger partial charge in [0.2, 0.25) is 0 Å². The van der Waals surface area contributed by atoms with Crippen LogP contribution in [0.4, 0.5) is 0 Å². The zero-order valence-corrected chi connectivity index (χ0v) is 13.5. The zero-order chi connectivity index (χ0) is 15.2. The summed E-state index contributed by atoms with van der Waals surface area (Å²) >= 11 is 0. The summed E-state index contributed by atoms with van der Waals surface area (Å²) in [5.41, 5.74) is 4.58. The van der Waals surface area contributed by atoms with E-state index in [9.17, 15) is 8.42 Å². The van der Waals surface area contributed by atoms with Crippen molar-refractivity contribution in [3.05, 3.63) is 29.6 Å². The van der Waals surface area contributed by atoms with Crippen molar-refractivity contribution in [2.75, 3.05) is 18.6 Å². The maximum atomic E-state index is 11.6. The summed E-state index contributed by atoms with van der Waals surface area (Å²) in [5.74, 6) is 0.583. The summed E-state index contributed by atoms with van der Waals surface area (Å²) in [6, 6.07) is 4.36. The molecule has 1 saturated heterocycles. The number of rotatable bonds is 3. The Morgan fingerprint density at radius 3 is 2.71 bits per heavy atom. The molecule has 3 rings (SSSR count). The van der Waals surface area contributed by atoms with Crippen LogP contribution >= 0.6 is 0 Å². The topological polar surface area (TPSA) is 55.2 Å². The van der Waals surface area contributed by atoms with Gasteiger partial charge in [0.05, 0.1) is 35.5 Å². The lowest BCUT2D eigenvalue weighted by molar-refractivity contribution is 0.211. The lowest BCUT2D eigenvalue weighted by Crippen LogP contribution is -2.34. The summed E-state index contributed by atoms with van der Waals surface area (Å²) in [6.45, 7) is 4.85. The molecule has 0 spiro atoms. The third-order valence-corrected chi connectivity index (χ3v) is 6.19. The first-order valence-corrected chi connectivity index (χ1v) is 9.00. The van der Waals surface area contributed by atoms with E-state index in [1.165, 1.54) is 11.1 Å². The lowest BCUT2D eigenvalue weighted by atomic mass is 10.1. The van der Waals surface area contributed by atoms with Crippen LogP contribution in [0.1, 0.15) is 17.5 Å². The Hall–Kier alpha value is -1.40. The van der Waals surface area contributed by atoms with E-state index in [-0.39, 0.29) is 11.8 Å². The van der Waals surface area contributed by atoms with Gasteiger partial charge in [0.1, 0.15) is 0 Å². The number of hydrogen-bond acceptors (Lipinski definition) is 4. The molecular formula is C15H21N3O2S. The highest BCUT2D eigenvalue weighted by molar-refractivity contribution is 7.91. The molecule has 6 heteroatoms. The van der Waals surface area contributed by atoms with Gasteiger partial charge in [0.25, 0.3) is 0 Å². The quantitative estimate of drug-likeness (QED) is 0.866. The minimum Gasteiger partial charge on any atom is -0.317 e. The Bertz CT molecular complexity index is 780. The maximum Gasteiger partial charge on any atom is 0.151 e. The van der Waals surface area contributed by atoms with Crippen molar-refractivity contribution >= 4 is 20.9 Å². The number of benzene rings is 1. The van der Waals surface area contributed by atoms with Crippen LogP contribution < -0.4 is 0 Å². The number of imidazole rings is 1. The number of fused-ring (bicyclic) bond motifs is 1. The summed E-state index contributed by atoms with van der Waals surface area (Å²) in [6.07, 6.45) is 2.56. The van der Waals surface area contributed by atoms with Crippen LogP contribution in [0.2, 0.25) is 0 Å². The van der Waals surface area contributed by atoms with E-state index in [1.54, 1.807) is 0 Å². The van der Waals surface area contributed by atoms with Gasteiger partial charge in [-0.1, -0.05) is 0 Å². The first-order valence-electron chi connectivity index (χ1n) is 7.18. The van der Waals surface area contributed by atoms with Crippen LogP contribution in [0, 0.1) is 13.8 Å². The van der Waals surface area contributed by atoms with Crippen molar-refractivity contribution in [3.63, 3.8) is 0 Å². The van der Waals surface area contributed by atoms with E-state index in [4.69, 9.17) is 0 Å². The van der Waals surface area contributed by atoms with Gasteiger partial charge in [0, 0.05) is 6.04 Å². The number of hydrogen-bond donors (Lipinski definition) is 0. The van der Waals surface area contributed by atoms with Gasteiger partial charge in [-0.3, -0.25) is 4.90 Å². The van der Waals surface area contributed by atoms with Gasteiger partial charge in [-0.05, 0) is 50.6 Å². The van der Waals surface area contributed by atoms with Crippen molar-refractivity contribution in [1.82, 2.24) is 14.5 Å². The molecule has 0 amide bonds. The highest BCUT2D eigenvalue weighted by Crippen LogP contribution is 2.21. The highest BCUT2D eigenvalue weighted by Gasteiger charge is 2.30. The minimum atomic E-state index is -2.84. The highest BCUT2D eigenvalue weighted by atomic mass is 32.2. The van der Waals surface area contributed by atoms with Crippen molar-refractivity contribution < 1.29 is 8.42 Å². The molecule has 1 atom stereocenters. The number of aromatic nitrogens is 2. The fourth-order valence-corrected chi connectivity index (χ4v) is 4.71. The molecule has 1 aliphatic heterocycles. The predicted molar refractivity (Wildman–Crippen MR) is 84.0 cm³/mol. The lowest BCUT2D eigenvalue weighted by Gasteiger charge is -2.23. The van der Waals surface area contributed by atoms with E-state index in [0.29, 0.717) is 12.4 Å². The van der Waals surface area contributed by atoms with Crippen LogP contribution in [0.5, 0.6) is 0 Å². The van der Waals surface area contributed by atoms with E-state index >= 15 is 0 Å². The van der Waals surface area contributed by atoms with Crippen LogP contribution in [0.15, 0.2) is 18.5 Å². The Kier molecular flexibility index (Phi) is 3.53. The summed E-state index contributed by atoms with van der Waals surface area (Å²) < 4.78 is 25.3. The van der Waals surface area contributed by atoms with E-state index in [0.717, 1.165) is 17.5 Å². The first kappa shape index (κ1) is 14.5. The smallest absolute Gasteiger partial charge is 0.151 e.